The SMILES string of the molecule is CC(C)(C)OC(=O)N1CC[C@@H](c2cn(CCc3ccccc3)nn2)[C@H](O)C1. The Hall–Kier alpha value is -2.41. The number of piperidine rings is 1. The lowest BCUT2D eigenvalue weighted by atomic mass is 9.91. The summed E-state index contributed by atoms with van der Waals surface area (Å²) in [6.45, 7) is 7.03. The number of β-amino-alcohol motifs (C(OH)–C–C–N with tert-alkyl or cyclic N) is 1. The Balaban J connectivity index is 1.55. The number of ether oxygens (including phenoxy) is 1. The van der Waals surface area contributed by atoms with Gasteiger partial charge in [-0.3, -0.25) is 4.68 Å². The predicted octanol–water partition coefficient (Wildman–Crippen LogP) is 2.61. The summed E-state index contributed by atoms with van der Waals surface area (Å²) in [4.78, 5) is 13.7. The predicted molar refractivity (Wildman–Crippen MR) is 101 cm³/mol. The van der Waals surface area contributed by atoms with Crippen molar-refractivity contribution in [2.75, 3.05) is 13.1 Å². The highest BCUT2D eigenvalue weighted by atomic mass is 16.6. The number of aliphatic hydroxyl groups is 1. The molecule has 1 aromatic carbocycles. The van der Waals surface area contributed by atoms with Gasteiger partial charge < -0.3 is 14.7 Å². The van der Waals surface area contributed by atoms with Crippen LogP contribution in [0.1, 0.15) is 44.4 Å². The van der Waals surface area contributed by atoms with Gasteiger partial charge in [-0.25, -0.2) is 4.79 Å². The van der Waals surface area contributed by atoms with Gasteiger partial charge in [0.15, 0.2) is 0 Å². The summed E-state index contributed by atoms with van der Waals surface area (Å²) >= 11 is 0. The average Bonchev–Trinajstić information content (AvgIpc) is 3.08. The molecule has 0 saturated carbocycles. The molecule has 7 nitrogen and oxygen atoms in total. The second-order valence-electron chi connectivity index (χ2n) is 8.03. The first-order chi connectivity index (χ1) is 12.8. The summed E-state index contributed by atoms with van der Waals surface area (Å²) in [6.07, 6.45) is 2.36. The second kappa shape index (κ2) is 8.08. The van der Waals surface area contributed by atoms with Crippen molar-refractivity contribution in [3.05, 3.63) is 47.8 Å². The minimum Gasteiger partial charge on any atom is -0.444 e. The van der Waals surface area contributed by atoms with E-state index >= 15 is 0 Å². The Labute approximate surface area is 159 Å². The van der Waals surface area contributed by atoms with E-state index in [1.54, 1.807) is 4.90 Å². The first kappa shape index (κ1) is 19.4. The molecular weight excluding hydrogens is 344 g/mol. The molecule has 7 heteroatoms. The van der Waals surface area contributed by atoms with Crippen molar-refractivity contribution in [2.24, 2.45) is 0 Å². The van der Waals surface area contributed by atoms with Crippen LogP contribution >= 0.6 is 0 Å². The number of rotatable bonds is 4. The van der Waals surface area contributed by atoms with Crippen molar-refractivity contribution in [1.82, 2.24) is 19.9 Å². The van der Waals surface area contributed by atoms with Gasteiger partial charge in [0, 0.05) is 25.2 Å². The summed E-state index contributed by atoms with van der Waals surface area (Å²) in [7, 11) is 0. The molecule has 2 atom stereocenters. The molecule has 1 saturated heterocycles. The highest BCUT2D eigenvalue weighted by molar-refractivity contribution is 5.68. The van der Waals surface area contributed by atoms with Gasteiger partial charge >= 0.3 is 6.09 Å². The summed E-state index contributed by atoms with van der Waals surface area (Å²) < 4.78 is 7.20. The molecule has 2 heterocycles. The molecule has 1 amide bonds. The van der Waals surface area contributed by atoms with Crippen LogP contribution < -0.4 is 0 Å². The van der Waals surface area contributed by atoms with Crippen LogP contribution in [0.5, 0.6) is 0 Å². The standard InChI is InChI=1S/C20H28N4O3/c1-20(2,3)27-19(26)23-11-10-16(18(25)14-23)17-13-24(22-21-17)12-9-15-7-5-4-6-8-15/h4-8,13,16,18,25H,9-12,14H2,1-3H3/t16-,18+/m0/s1. The van der Waals surface area contributed by atoms with Crippen molar-refractivity contribution in [3.63, 3.8) is 0 Å². The fourth-order valence-corrected chi connectivity index (χ4v) is 3.25. The molecule has 1 fully saturated rings. The summed E-state index contributed by atoms with van der Waals surface area (Å²) in [6, 6.07) is 10.2. The van der Waals surface area contributed by atoms with E-state index in [0.717, 1.165) is 18.7 Å². The van der Waals surface area contributed by atoms with Gasteiger partial charge in [-0.2, -0.15) is 0 Å². The molecule has 1 N–H and O–H groups in total. The molecule has 3 rings (SSSR count). The van der Waals surface area contributed by atoms with Gasteiger partial charge in [0.2, 0.25) is 0 Å². The fourth-order valence-electron chi connectivity index (χ4n) is 3.25. The van der Waals surface area contributed by atoms with Gasteiger partial charge in [0.05, 0.1) is 18.3 Å². The van der Waals surface area contributed by atoms with Crippen LogP contribution in [0.2, 0.25) is 0 Å². The highest BCUT2D eigenvalue weighted by Gasteiger charge is 2.34. The molecular formula is C20H28N4O3. The number of hydrogen-bond donors (Lipinski definition) is 1. The third-order valence-corrected chi connectivity index (χ3v) is 4.64. The number of amides is 1. The van der Waals surface area contributed by atoms with E-state index in [4.69, 9.17) is 4.74 Å². The molecule has 0 radical (unpaired) electrons. The van der Waals surface area contributed by atoms with Crippen LogP contribution in [0.3, 0.4) is 0 Å². The van der Waals surface area contributed by atoms with E-state index in [2.05, 4.69) is 22.4 Å². The van der Waals surface area contributed by atoms with Crippen molar-refractivity contribution in [1.29, 1.82) is 0 Å². The zero-order valence-corrected chi connectivity index (χ0v) is 16.2. The molecule has 1 aliphatic heterocycles. The molecule has 0 bridgehead atoms. The Morgan fingerprint density at radius 1 is 1.30 bits per heavy atom. The number of aromatic nitrogens is 3. The quantitative estimate of drug-likeness (QED) is 0.892. The number of hydrogen-bond acceptors (Lipinski definition) is 5. The Morgan fingerprint density at radius 3 is 2.70 bits per heavy atom. The van der Waals surface area contributed by atoms with E-state index in [9.17, 15) is 9.90 Å². The fraction of sp³-hybridized carbons (Fsp3) is 0.550. The van der Waals surface area contributed by atoms with E-state index < -0.39 is 11.7 Å². The van der Waals surface area contributed by atoms with Crippen LogP contribution in [-0.4, -0.2) is 55.9 Å². The normalized spacial score (nSPS) is 20.5. The molecule has 27 heavy (non-hydrogen) atoms. The third-order valence-electron chi connectivity index (χ3n) is 4.64. The van der Waals surface area contributed by atoms with E-state index in [0.29, 0.717) is 13.0 Å². The van der Waals surface area contributed by atoms with Crippen LogP contribution in [0.25, 0.3) is 0 Å². The minimum absolute atomic E-state index is 0.117. The van der Waals surface area contributed by atoms with Crippen molar-refractivity contribution >= 4 is 6.09 Å². The maximum Gasteiger partial charge on any atom is 0.410 e. The lowest BCUT2D eigenvalue weighted by molar-refractivity contribution is -0.00191. The largest absolute Gasteiger partial charge is 0.444 e. The van der Waals surface area contributed by atoms with Crippen LogP contribution in [0, 0.1) is 0 Å². The Bertz CT molecular complexity index is 754. The first-order valence-corrected chi connectivity index (χ1v) is 9.42. The monoisotopic (exact) mass is 372 g/mol. The second-order valence-corrected chi connectivity index (χ2v) is 8.03. The number of benzene rings is 1. The average molecular weight is 372 g/mol. The number of carbonyl (C=O) groups excluding carboxylic acids is 1. The first-order valence-electron chi connectivity index (χ1n) is 9.42. The molecule has 0 spiro atoms. The zero-order chi connectivity index (χ0) is 19.4. The number of carbonyl (C=O) groups is 1. The summed E-state index contributed by atoms with van der Waals surface area (Å²) in [5.41, 5.74) is 1.49. The van der Waals surface area contributed by atoms with Crippen molar-refractivity contribution in [3.8, 4) is 0 Å². The molecule has 0 aliphatic carbocycles. The van der Waals surface area contributed by atoms with Crippen LogP contribution in [0.15, 0.2) is 36.5 Å². The molecule has 2 aromatic rings. The molecule has 1 aliphatic rings. The van der Waals surface area contributed by atoms with Gasteiger partial charge in [0.1, 0.15) is 5.60 Å². The van der Waals surface area contributed by atoms with E-state index in [1.165, 1.54) is 5.56 Å². The maximum absolute atomic E-state index is 12.2. The van der Waals surface area contributed by atoms with Gasteiger partial charge in [0.25, 0.3) is 0 Å². The molecule has 0 unspecified atom stereocenters. The molecule has 1 aromatic heterocycles. The van der Waals surface area contributed by atoms with E-state index in [1.807, 2.05) is 49.8 Å². The lowest BCUT2D eigenvalue weighted by Crippen LogP contribution is -2.47. The molecule has 146 valence electrons. The topological polar surface area (TPSA) is 80.5 Å². The van der Waals surface area contributed by atoms with Crippen molar-refractivity contribution < 1.29 is 14.6 Å². The smallest absolute Gasteiger partial charge is 0.410 e. The zero-order valence-electron chi connectivity index (χ0n) is 16.2. The van der Waals surface area contributed by atoms with Gasteiger partial charge in [-0.1, -0.05) is 35.5 Å². The Morgan fingerprint density at radius 2 is 2.04 bits per heavy atom. The highest BCUT2D eigenvalue weighted by Crippen LogP contribution is 2.27. The van der Waals surface area contributed by atoms with Gasteiger partial charge in [-0.15, -0.1) is 5.10 Å². The maximum atomic E-state index is 12.2. The number of aryl methyl sites for hydroxylation is 2. The number of nitrogens with zero attached hydrogens (tertiary/aromatic N) is 4. The summed E-state index contributed by atoms with van der Waals surface area (Å²) in [5, 5.41) is 19.0. The Kier molecular flexibility index (Phi) is 5.79. The van der Waals surface area contributed by atoms with E-state index in [-0.39, 0.29) is 18.6 Å². The number of aliphatic hydroxyl groups excluding tert-OH is 1. The van der Waals surface area contributed by atoms with Gasteiger partial charge in [-0.05, 0) is 39.2 Å². The lowest BCUT2D eigenvalue weighted by Gasteiger charge is -2.35. The van der Waals surface area contributed by atoms with Crippen molar-refractivity contribution in [2.45, 2.75) is 57.8 Å². The van der Waals surface area contributed by atoms with Crippen LogP contribution in [0.4, 0.5) is 4.79 Å². The number of likely N-dealkylation sites (tertiary alicyclic amines) is 1. The minimum atomic E-state index is -0.675. The third kappa shape index (κ3) is 5.29. The summed E-state index contributed by atoms with van der Waals surface area (Å²) in [5.74, 6) is -0.117. The van der Waals surface area contributed by atoms with Crippen LogP contribution in [-0.2, 0) is 17.7 Å².